The van der Waals surface area contributed by atoms with E-state index in [1.165, 1.54) is 24.5 Å². The van der Waals surface area contributed by atoms with Crippen LogP contribution in [0.15, 0.2) is 59.1 Å². The second-order valence-electron chi connectivity index (χ2n) is 12.0. The van der Waals surface area contributed by atoms with E-state index in [9.17, 15) is 29.7 Å². The predicted molar refractivity (Wildman–Crippen MR) is 152 cm³/mol. The smallest absolute Gasteiger partial charge is 0.255 e. The van der Waals surface area contributed by atoms with E-state index in [1.54, 1.807) is 19.0 Å². The van der Waals surface area contributed by atoms with Crippen molar-refractivity contribution in [3.63, 3.8) is 0 Å². The molecule has 1 amide bonds. The van der Waals surface area contributed by atoms with Gasteiger partial charge in [0, 0.05) is 12.1 Å². The van der Waals surface area contributed by atoms with Crippen molar-refractivity contribution in [3.05, 3.63) is 75.8 Å². The first-order valence-corrected chi connectivity index (χ1v) is 14.2. The summed E-state index contributed by atoms with van der Waals surface area (Å²) in [6.45, 7) is 3.01. The van der Waals surface area contributed by atoms with Gasteiger partial charge in [-0.15, -0.1) is 0 Å². The van der Waals surface area contributed by atoms with Gasteiger partial charge in [0.15, 0.2) is 11.6 Å². The predicted octanol–water partition coefficient (Wildman–Crippen LogP) is 3.27. The minimum atomic E-state index is -1.19. The molecule has 214 valence electrons. The van der Waals surface area contributed by atoms with E-state index in [4.69, 9.17) is 5.73 Å². The van der Waals surface area contributed by atoms with Gasteiger partial charge in [-0.2, -0.15) is 0 Å². The zero-order valence-corrected chi connectivity index (χ0v) is 23.3. The van der Waals surface area contributed by atoms with Gasteiger partial charge in [0.2, 0.25) is 0 Å². The number of primary amides is 1. The van der Waals surface area contributed by atoms with Gasteiger partial charge in [-0.1, -0.05) is 24.3 Å². The van der Waals surface area contributed by atoms with Crippen molar-refractivity contribution in [3.8, 4) is 16.9 Å². The molecule has 41 heavy (non-hydrogen) atoms. The molecule has 0 radical (unpaired) electrons. The number of nitrogens with zero attached hydrogens (tertiary/aromatic N) is 2. The summed E-state index contributed by atoms with van der Waals surface area (Å²) in [4.78, 5) is 43.6. The third-order valence-electron chi connectivity index (χ3n) is 9.29. The average Bonchev–Trinajstić information content (AvgIpc) is 3.41. The van der Waals surface area contributed by atoms with Crippen LogP contribution in [0, 0.1) is 17.8 Å². The first-order valence-electron chi connectivity index (χ1n) is 14.2. The van der Waals surface area contributed by atoms with Crippen molar-refractivity contribution in [2.45, 2.75) is 38.3 Å². The highest BCUT2D eigenvalue weighted by atomic mass is 16.3. The number of phenolic OH excluding ortho intramolecular Hbond substituents is 1. The summed E-state index contributed by atoms with van der Waals surface area (Å²) < 4.78 is 0. The molecule has 0 aromatic heterocycles. The van der Waals surface area contributed by atoms with Gasteiger partial charge in [-0.05, 0) is 99.1 Å². The Morgan fingerprint density at radius 3 is 2.46 bits per heavy atom. The summed E-state index contributed by atoms with van der Waals surface area (Å²) in [6.07, 6.45) is 3.10. The molecule has 3 unspecified atom stereocenters. The lowest BCUT2D eigenvalue weighted by molar-refractivity contribution is -0.127. The summed E-state index contributed by atoms with van der Waals surface area (Å²) in [5, 5.41) is 33.3. The van der Waals surface area contributed by atoms with Gasteiger partial charge < -0.3 is 21.1 Å². The molecule has 1 aliphatic heterocycles. The van der Waals surface area contributed by atoms with Crippen LogP contribution in [0.2, 0.25) is 0 Å². The molecule has 0 bridgehead atoms. The number of aliphatic hydroxyl groups excluding tert-OH is 2. The summed E-state index contributed by atoms with van der Waals surface area (Å²) in [5.41, 5.74) is 8.79. The van der Waals surface area contributed by atoms with E-state index in [0.717, 1.165) is 30.8 Å². The number of hydrogen-bond donors (Lipinski definition) is 4. The average molecular weight is 558 g/mol. The molecule has 4 atom stereocenters. The molecule has 4 aliphatic rings. The molecule has 5 N–H and O–H groups in total. The molecule has 2 aromatic carbocycles. The molecule has 6 rings (SSSR count). The van der Waals surface area contributed by atoms with E-state index in [1.807, 2.05) is 18.2 Å². The van der Waals surface area contributed by atoms with Gasteiger partial charge in [-0.3, -0.25) is 24.2 Å². The van der Waals surface area contributed by atoms with Crippen LogP contribution in [-0.2, 0) is 22.6 Å². The third kappa shape index (κ3) is 4.35. The third-order valence-corrected chi connectivity index (χ3v) is 9.29. The lowest BCUT2D eigenvalue weighted by atomic mass is 9.60. The molecule has 9 nitrogen and oxygen atoms in total. The normalized spacial score (nSPS) is 26.3. The molecule has 1 heterocycles. The number of Topliss-reactive ketones (excluding diaryl/α,β-unsaturated/α-hetero) is 2. The number of allylic oxidation sites excluding steroid dienone is 2. The first-order chi connectivity index (χ1) is 19.6. The number of nitrogens with two attached hydrogens (primary N) is 1. The maximum Gasteiger partial charge on any atom is 0.255 e. The SMILES string of the molecule is CN(C)[C@@H]1C(O)=C(C(N)=O)C(=O)C2C(O)=C3C(=O)c4c(O)ccc(-c5cccc(CN6CCCC6)c5)c4CC3CC21. The molecular formula is C32H35N3O6. The summed E-state index contributed by atoms with van der Waals surface area (Å²) >= 11 is 0. The second-order valence-corrected chi connectivity index (χ2v) is 12.0. The van der Waals surface area contributed by atoms with Gasteiger partial charge in [0.05, 0.1) is 17.5 Å². The number of fused-ring (bicyclic) bond motifs is 3. The Hall–Kier alpha value is -3.95. The van der Waals surface area contributed by atoms with Crippen LogP contribution in [0.5, 0.6) is 5.75 Å². The van der Waals surface area contributed by atoms with Gasteiger partial charge >= 0.3 is 0 Å². The number of likely N-dealkylation sites (N-methyl/N-ethyl adjacent to an activating group) is 1. The molecule has 0 spiro atoms. The zero-order chi connectivity index (χ0) is 29.2. The van der Waals surface area contributed by atoms with Crippen LogP contribution in [0.3, 0.4) is 0 Å². The zero-order valence-electron chi connectivity index (χ0n) is 23.3. The molecule has 2 aromatic rings. The second kappa shape index (κ2) is 10.2. The van der Waals surface area contributed by atoms with Crippen molar-refractivity contribution in [1.82, 2.24) is 9.80 Å². The Kier molecular flexibility index (Phi) is 6.74. The lowest BCUT2D eigenvalue weighted by Crippen LogP contribution is -2.53. The number of hydrogen-bond acceptors (Lipinski definition) is 8. The first kappa shape index (κ1) is 27.2. The number of carbonyl (C=O) groups is 3. The lowest BCUT2D eigenvalue weighted by Gasteiger charge is -2.46. The van der Waals surface area contributed by atoms with Crippen molar-refractivity contribution in [2.75, 3.05) is 27.2 Å². The number of aromatic hydroxyl groups is 1. The minimum Gasteiger partial charge on any atom is -0.511 e. The number of carbonyl (C=O) groups excluding carboxylic acids is 3. The summed E-state index contributed by atoms with van der Waals surface area (Å²) in [7, 11) is 3.43. The highest BCUT2D eigenvalue weighted by Gasteiger charge is 2.54. The van der Waals surface area contributed by atoms with Crippen LogP contribution in [0.4, 0.5) is 0 Å². The van der Waals surface area contributed by atoms with E-state index >= 15 is 0 Å². The number of amides is 1. The summed E-state index contributed by atoms with van der Waals surface area (Å²) in [6, 6.07) is 10.8. The maximum atomic E-state index is 14.0. The highest BCUT2D eigenvalue weighted by Crippen LogP contribution is 2.51. The number of likely N-dealkylation sites (tertiary alicyclic amines) is 1. The Morgan fingerprint density at radius 1 is 1.05 bits per heavy atom. The fourth-order valence-corrected chi connectivity index (χ4v) is 7.57. The molecule has 1 fully saturated rings. The van der Waals surface area contributed by atoms with Crippen LogP contribution < -0.4 is 5.73 Å². The minimum absolute atomic E-state index is 0.0880. The Morgan fingerprint density at radius 2 is 1.78 bits per heavy atom. The fraction of sp³-hybridized carbons (Fsp3) is 0.406. The van der Waals surface area contributed by atoms with Crippen molar-refractivity contribution in [2.24, 2.45) is 23.5 Å². The molecule has 3 aliphatic carbocycles. The number of rotatable bonds is 5. The van der Waals surface area contributed by atoms with E-state index in [2.05, 4.69) is 17.0 Å². The number of benzene rings is 2. The van der Waals surface area contributed by atoms with Gasteiger partial charge in [0.1, 0.15) is 22.8 Å². The van der Waals surface area contributed by atoms with E-state index in [-0.39, 0.29) is 16.9 Å². The van der Waals surface area contributed by atoms with Crippen LogP contribution in [-0.4, -0.2) is 75.8 Å². The van der Waals surface area contributed by atoms with Gasteiger partial charge in [0.25, 0.3) is 5.91 Å². The van der Waals surface area contributed by atoms with Crippen molar-refractivity contribution < 1.29 is 29.7 Å². The Labute approximate surface area is 238 Å². The standard InChI is InChI=1S/C32H35N3O6/c1-34(2)27-21-14-18-13-20-19(17-7-5-6-16(12-17)15-35-10-3-4-11-35)8-9-22(36)24(20)28(37)23(18)29(38)25(21)30(39)26(31(27)40)32(33)41/h5-9,12,18,21,25,27,36,38,40H,3-4,10-11,13-15H2,1-2H3,(H2,33,41)/t18?,21?,25?,27-/m0/s1. The largest absolute Gasteiger partial charge is 0.511 e. The number of ketones is 2. The maximum absolute atomic E-state index is 14.0. The monoisotopic (exact) mass is 557 g/mol. The highest BCUT2D eigenvalue weighted by molar-refractivity contribution is 6.22. The van der Waals surface area contributed by atoms with Gasteiger partial charge in [-0.25, -0.2) is 0 Å². The Bertz CT molecular complexity index is 1530. The molecule has 0 saturated carbocycles. The van der Waals surface area contributed by atoms with Crippen LogP contribution >= 0.6 is 0 Å². The van der Waals surface area contributed by atoms with Crippen LogP contribution in [0.1, 0.15) is 40.7 Å². The topological polar surface area (TPSA) is 144 Å². The fourth-order valence-electron chi connectivity index (χ4n) is 7.57. The van der Waals surface area contributed by atoms with Crippen molar-refractivity contribution >= 4 is 17.5 Å². The van der Waals surface area contributed by atoms with E-state index < -0.39 is 58.4 Å². The quantitative estimate of drug-likeness (QED) is 0.410. The number of aliphatic hydroxyl groups is 2. The number of phenols is 1. The van der Waals surface area contributed by atoms with E-state index in [0.29, 0.717) is 18.4 Å². The van der Waals surface area contributed by atoms with Crippen molar-refractivity contribution in [1.29, 1.82) is 0 Å². The molecule has 9 heteroatoms. The van der Waals surface area contributed by atoms with Crippen LogP contribution in [0.25, 0.3) is 11.1 Å². The molecular weight excluding hydrogens is 522 g/mol. The summed E-state index contributed by atoms with van der Waals surface area (Å²) in [5.74, 6) is -5.57. The Balaban J connectivity index is 1.44. The molecule has 1 saturated heterocycles.